The van der Waals surface area contributed by atoms with Gasteiger partial charge in [0.1, 0.15) is 11.3 Å². The zero-order valence-corrected chi connectivity index (χ0v) is 21.1. The monoisotopic (exact) mass is 425 g/mol. The first kappa shape index (κ1) is 27.3. The van der Waals surface area contributed by atoms with Gasteiger partial charge in [-0.1, -0.05) is 96.8 Å². The lowest BCUT2D eigenvalue weighted by molar-refractivity contribution is -0.0627. The third-order valence-corrected chi connectivity index (χ3v) is 6.06. The van der Waals surface area contributed by atoms with Crippen LogP contribution in [0.3, 0.4) is 0 Å². The van der Waals surface area contributed by atoms with Crippen molar-refractivity contribution in [2.45, 2.75) is 155 Å². The molecule has 0 unspecified atom stereocenters. The minimum atomic E-state index is -0.580. The van der Waals surface area contributed by atoms with Crippen molar-refractivity contribution in [1.82, 2.24) is 4.90 Å². The van der Waals surface area contributed by atoms with Crippen molar-refractivity contribution >= 4 is 6.09 Å². The van der Waals surface area contributed by atoms with Gasteiger partial charge >= 0.3 is 6.09 Å². The predicted molar refractivity (Wildman–Crippen MR) is 127 cm³/mol. The molecule has 0 radical (unpaired) electrons. The first-order valence-electron chi connectivity index (χ1n) is 12.8. The summed E-state index contributed by atoms with van der Waals surface area (Å²) in [5, 5.41) is 0. The second-order valence-corrected chi connectivity index (χ2v) is 10.6. The number of hydrogen-bond acceptors (Lipinski definition) is 3. The maximum absolute atomic E-state index is 12.7. The Morgan fingerprint density at radius 2 is 1.30 bits per heavy atom. The largest absolute Gasteiger partial charge is 0.444 e. The van der Waals surface area contributed by atoms with Gasteiger partial charge in [0, 0.05) is 0 Å². The summed E-state index contributed by atoms with van der Waals surface area (Å²) in [6.07, 6.45) is 19.9. The number of carbonyl (C=O) groups excluding carboxylic acids is 1. The van der Waals surface area contributed by atoms with Gasteiger partial charge in [0.25, 0.3) is 0 Å². The second kappa shape index (κ2) is 14.3. The summed E-state index contributed by atoms with van der Waals surface area (Å²) in [5.74, 6) is 0. The van der Waals surface area contributed by atoms with Crippen LogP contribution in [0.2, 0.25) is 0 Å². The van der Waals surface area contributed by atoms with Gasteiger partial charge < -0.3 is 9.47 Å². The van der Waals surface area contributed by atoms with Crippen LogP contribution in [0.4, 0.5) is 4.79 Å². The van der Waals surface area contributed by atoms with Crippen LogP contribution in [0.25, 0.3) is 0 Å². The van der Waals surface area contributed by atoms with Gasteiger partial charge in [-0.3, -0.25) is 4.90 Å². The summed E-state index contributed by atoms with van der Waals surface area (Å²) >= 11 is 0. The topological polar surface area (TPSA) is 38.8 Å². The third kappa shape index (κ3) is 11.6. The average Bonchev–Trinajstić information content (AvgIpc) is 2.95. The summed E-state index contributed by atoms with van der Waals surface area (Å²) in [6, 6.07) is 0.132. The first-order valence-corrected chi connectivity index (χ1v) is 12.8. The molecular weight excluding hydrogens is 374 g/mol. The Bertz CT molecular complexity index is 456. The molecule has 1 atom stereocenters. The molecule has 0 aromatic carbocycles. The Morgan fingerprint density at radius 1 is 0.867 bits per heavy atom. The van der Waals surface area contributed by atoms with E-state index in [0.29, 0.717) is 6.61 Å². The Kier molecular flexibility index (Phi) is 13.0. The molecule has 0 aliphatic carbocycles. The molecule has 4 nitrogen and oxygen atoms in total. The Morgan fingerprint density at radius 3 is 1.73 bits per heavy atom. The molecule has 0 saturated carbocycles. The zero-order valence-electron chi connectivity index (χ0n) is 21.1. The molecule has 178 valence electrons. The van der Waals surface area contributed by atoms with Crippen molar-refractivity contribution in [2.75, 3.05) is 6.61 Å². The van der Waals surface area contributed by atoms with Gasteiger partial charge in [-0.25, -0.2) is 4.79 Å². The fourth-order valence-corrected chi connectivity index (χ4v) is 4.35. The van der Waals surface area contributed by atoms with Crippen molar-refractivity contribution in [3.63, 3.8) is 0 Å². The standard InChI is InChI=1S/C26H51NO3/c1-7-8-9-10-11-12-13-14-15-16-17-18-19-20-21-23-22-29-26(5,6)27(23)24(28)30-25(2,3)4/h23H,7-22H2,1-6H3/t23-/m1/s1. The lowest BCUT2D eigenvalue weighted by Crippen LogP contribution is -2.49. The molecule has 4 heteroatoms. The third-order valence-electron chi connectivity index (χ3n) is 6.06. The van der Waals surface area contributed by atoms with Crippen molar-refractivity contribution in [2.24, 2.45) is 0 Å². The van der Waals surface area contributed by atoms with Crippen LogP contribution in [0.15, 0.2) is 0 Å². The molecule has 1 rings (SSSR count). The highest BCUT2D eigenvalue weighted by atomic mass is 16.6. The number of ether oxygens (including phenoxy) is 2. The van der Waals surface area contributed by atoms with Crippen LogP contribution in [0, 0.1) is 0 Å². The van der Waals surface area contributed by atoms with E-state index in [1.807, 2.05) is 39.5 Å². The Hall–Kier alpha value is -0.770. The van der Waals surface area contributed by atoms with E-state index >= 15 is 0 Å². The van der Waals surface area contributed by atoms with Gasteiger partial charge in [-0.2, -0.15) is 0 Å². The molecule has 0 bridgehead atoms. The van der Waals surface area contributed by atoms with E-state index in [2.05, 4.69) is 6.92 Å². The molecule has 1 aliphatic heterocycles. The minimum absolute atomic E-state index is 0.132. The number of amides is 1. The van der Waals surface area contributed by atoms with E-state index in [1.54, 1.807) is 0 Å². The molecule has 1 aliphatic rings. The summed E-state index contributed by atoms with van der Waals surface area (Å²) in [6.45, 7) is 12.6. The van der Waals surface area contributed by atoms with E-state index in [9.17, 15) is 4.79 Å². The molecule has 1 saturated heterocycles. The van der Waals surface area contributed by atoms with Crippen LogP contribution in [-0.2, 0) is 9.47 Å². The van der Waals surface area contributed by atoms with E-state index < -0.39 is 11.3 Å². The van der Waals surface area contributed by atoms with Gasteiger partial charge in [0.2, 0.25) is 0 Å². The van der Waals surface area contributed by atoms with Crippen LogP contribution in [0.5, 0.6) is 0 Å². The Balaban J connectivity index is 2.08. The highest BCUT2D eigenvalue weighted by molar-refractivity contribution is 5.69. The van der Waals surface area contributed by atoms with E-state index in [-0.39, 0.29) is 12.1 Å². The van der Waals surface area contributed by atoms with Gasteiger partial charge in [-0.05, 0) is 41.0 Å². The smallest absolute Gasteiger partial charge is 0.412 e. The summed E-state index contributed by atoms with van der Waals surface area (Å²) in [4.78, 5) is 14.5. The maximum atomic E-state index is 12.7. The molecule has 1 amide bonds. The van der Waals surface area contributed by atoms with Crippen LogP contribution >= 0.6 is 0 Å². The Labute approximate surface area is 187 Å². The normalized spacial score (nSPS) is 18.7. The molecule has 1 fully saturated rings. The van der Waals surface area contributed by atoms with Crippen LogP contribution in [0.1, 0.15) is 138 Å². The molecule has 0 aromatic heterocycles. The number of rotatable bonds is 15. The number of hydrogen-bond donors (Lipinski definition) is 0. The summed E-state index contributed by atoms with van der Waals surface area (Å²) in [7, 11) is 0. The minimum Gasteiger partial charge on any atom is -0.444 e. The maximum Gasteiger partial charge on any atom is 0.412 e. The molecule has 1 heterocycles. The molecule has 0 N–H and O–H groups in total. The van der Waals surface area contributed by atoms with E-state index in [4.69, 9.17) is 9.47 Å². The van der Waals surface area contributed by atoms with Gasteiger partial charge in [0.15, 0.2) is 0 Å². The number of nitrogens with zero attached hydrogens (tertiary/aromatic N) is 1. The van der Waals surface area contributed by atoms with E-state index in [1.165, 1.54) is 83.5 Å². The van der Waals surface area contributed by atoms with Crippen LogP contribution < -0.4 is 0 Å². The van der Waals surface area contributed by atoms with Gasteiger partial charge in [-0.15, -0.1) is 0 Å². The number of carbonyl (C=O) groups is 1. The van der Waals surface area contributed by atoms with Crippen molar-refractivity contribution in [1.29, 1.82) is 0 Å². The highest BCUT2D eigenvalue weighted by Gasteiger charge is 2.45. The van der Waals surface area contributed by atoms with Crippen molar-refractivity contribution in [3.8, 4) is 0 Å². The van der Waals surface area contributed by atoms with Crippen LogP contribution in [-0.4, -0.2) is 35.0 Å². The SMILES string of the molecule is CCCCCCCCCCCCCCCC[C@@H]1COC(C)(C)N1C(=O)OC(C)(C)C. The summed E-state index contributed by atoms with van der Waals surface area (Å²) in [5.41, 5.74) is -1.06. The quantitative estimate of drug-likeness (QED) is 0.248. The average molecular weight is 426 g/mol. The lowest BCUT2D eigenvalue weighted by Gasteiger charge is -2.35. The molecular formula is C26H51NO3. The fraction of sp³-hybridized carbons (Fsp3) is 0.962. The predicted octanol–water partition coefficient (Wildman–Crippen LogP) is 8.23. The second-order valence-electron chi connectivity index (χ2n) is 10.6. The summed E-state index contributed by atoms with van der Waals surface area (Å²) < 4.78 is 11.5. The first-order chi connectivity index (χ1) is 14.2. The molecule has 0 spiro atoms. The molecule has 0 aromatic rings. The zero-order chi connectivity index (χ0) is 22.5. The molecule has 30 heavy (non-hydrogen) atoms. The highest BCUT2D eigenvalue weighted by Crippen LogP contribution is 2.31. The van der Waals surface area contributed by atoms with Crippen molar-refractivity contribution < 1.29 is 14.3 Å². The lowest BCUT2D eigenvalue weighted by atomic mass is 10.0. The van der Waals surface area contributed by atoms with Gasteiger partial charge in [0.05, 0.1) is 12.6 Å². The number of unbranched alkanes of at least 4 members (excludes halogenated alkanes) is 13. The fourth-order valence-electron chi connectivity index (χ4n) is 4.35. The van der Waals surface area contributed by atoms with E-state index in [0.717, 1.165) is 12.8 Å². The van der Waals surface area contributed by atoms with Crippen molar-refractivity contribution in [3.05, 3.63) is 0 Å².